The van der Waals surface area contributed by atoms with E-state index in [2.05, 4.69) is 10.6 Å². The van der Waals surface area contributed by atoms with E-state index in [1.54, 1.807) is 0 Å². The van der Waals surface area contributed by atoms with Crippen LogP contribution in [0.5, 0.6) is 11.5 Å². The van der Waals surface area contributed by atoms with Crippen molar-refractivity contribution in [2.45, 2.75) is 31.7 Å². The number of amides is 1. The number of benzene rings is 1. The lowest BCUT2D eigenvalue weighted by molar-refractivity contribution is -0.120. The zero-order chi connectivity index (χ0) is 13.8. The Balaban J connectivity index is 1.70. The zero-order valence-corrected chi connectivity index (χ0v) is 11.5. The molecule has 3 rings (SSSR count). The molecule has 108 valence electrons. The predicted octanol–water partition coefficient (Wildman–Crippen LogP) is 1.93. The Hall–Kier alpha value is -1.91. The Morgan fingerprint density at radius 2 is 2.00 bits per heavy atom. The van der Waals surface area contributed by atoms with Crippen LogP contribution in [0, 0.1) is 0 Å². The van der Waals surface area contributed by atoms with Crippen LogP contribution in [0.1, 0.15) is 25.7 Å². The molecule has 1 aromatic rings. The van der Waals surface area contributed by atoms with Crippen molar-refractivity contribution >= 4 is 11.6 Å². The molecule has 0 spiro atoms. The Labute approximate surface area is 118 Å². The maximum atomic E-state index is 11.6. The van der Waals surface area contributed by atoms with E-state index < -0.39 is 0 Å². The fourth-order valence-electron chi connectivity index (χ4n) is 2.59. The van der Waals surface area contributed by atoms with Crippen molar-refractivity contribution in [3.05, 3.63) is 18.2 Å². The van der Waals surface area contributed by atoms with Crippen molar-refractivity contribution in [2.24, 2.45) is 0 Å². The summed E-state index contributed by atoms with van der Waals surface area (Å²) in [5.41, 5.74) is 0.981. The lowest BCUT2D eigenvalue weighted by Crippen LogP contribution is -2.26. The topological polar surface area (TPSA) is 59.6 Å². The van der Waals surface area contributed by atoms with E-state index in [-0.39, 0.29) is 11.9 Å². The van der Waals surface area contributed by atoms with Gasteiger partial charge in [0.25, 0.3) is 0 Å². The SMILES string of the molecule is O=C1CC(Nc2ccc3c(c2)OCCCO3)CCCN1. The van der Waals surface area contributed by atoms with Crippen LogP contribution in [0.3, 0.4) is 0 Å². The quantitative estimate of drug-likeness (QED) is 0.866. The fourth-order valence-corrected chi connectivity index (χ4v) is 2.59. The molecule has 5 heteroatoms. The lowest BCUT2D eigenvalue weighted by atomic mass is 10.1. The second-order valence-electron chi connectivity index (χ2n) is 5.25. The molecule has 1 amide bonds. The van der Waals surface area contributed by atoms with Gasteiger partial charge in [0.05, 0.1) is 13.2 Å². The minimum Gasteiger partial charge on any atom is -0.490 e. The molecule has 5 nitrogen and oxygen atoms in total. The van der Waals surface area contributed by atoms with E-state index >= 15 is 0 Å². The second kappa shape index (κ2) is 6.03. The average Bonchev–Trinajstić information content (AvgIpc) is 2.78. The summed E-state index contributed by atoms with van der Waals surface area (Å²) in [5, 5.41) is 6.32. The lowest BCUT2D eigenvalue weighted by Gasteiger charge is -2.18. The molecular formula is C15H20N2O3. The molecule has 0 aliphatic carbocycles. The monoisotopic (exact) mass is 276 g/mol. The summed E-state index contributed by atoms with van der Waals surface area (Å²) in [4.78, 5) is 11.6. The van der Waals surface area contributed by atoms with Crippen molar-refractivity contribution in [2.75, 3.05) is 25.1 Å². The van der Waals surface area contributed by atoms with Gasteiger partial charge in [-0.1, -0.05) is 0 Å². The molecule has 20 heavy (non-hydrogen) atoms. The first kappa shape index (κ1) is 13.1. The summed E-state index contributed by atoms with van der Waals surface area (Å²) in [6.07, 6.45) is 3.43. The van der Waals surface area contributed by atoms with Crippen molar-refractivity contribution in [3.63, 3.8) is 0 Å². The summed E-state index contributed by atoms with van der Waals surface area (Å²) in [6.45, 7) is 2.16. The van der Waals surface area contributed by atoms with Gasteiger partial charge in [0.15, 0.2) is 11.5 Å². The number of ether oxygens (including phenoxy) is 2. The minimum absolute atomic E-state index is 0.120. The smallest absolute Gasteiger partial charge is 0.222 e. The van der Waals surface area contributed by atoms with Crippen LogP contribution in [-0.2, 0) is 4.79 Å². The van der Waals surface area contributed by atoms with Crippen molar-refractivity contribution in [1.82, 2.24) is 5.32 Å². The molecule has 0 aromatic heterocycles. The normalized spacial score (nSPS) is 22.4. The number of carbonyl (C=O) groups excluding carboxylic acids is 1. The molecule has 0 bridgehead atoms. The standard InChI is InChI=1S/C15H20N2O3/c18-15-10-11(3-1-6-16-15)17-12-4-5-13-14(9-12)20-8-2-7-19-13/h4-5,9,11,17H,1-3,6-8,10H2,(H,16,18). The number of hydrogen-bond donors (Lipinski definition) is 2. The van der Waals surface area contributed by atoms with Gasteiger partial charge in [0, 0.05) is 37.2 Å². The van der Waals surface area contributed by atoms with Gasteiger partial charge in [-0.3, -0.25) is 4.79 Å². The molecule has 1 unspecified atom stereocenters. The summed E-state index contributed by atoms with van der Waals surface area (Å²) >= 11 is 0. The van der Waals surface area contributed by atoms with Gasteiger partial charge in [-0.25, -0.2) is 0 Å². The van der Waals surface area contributed by atoms with Gasteiger partial charge >= 0.3 is 0 Å². The van der Waals surface area contributed by atoms with Crippen LogP contribution in [0.25, 0.3) is 0 Å². The first-order valence-corrected chi connectivity index (χ1v) is 7.24. The highest BCUT2D eigenvalue weighted by Crippen LogP contribution is 2.32. The van der Waals surface area contributed by atoms with Gasteiger partial charge in [-0.2, -0.15) is 0 Å². The molecule has 2 N–H and O–H groups in total. The fraction of sp³-hybridized carbons (Fsp3) is 0.533. The maximum Gasteiger partial charge on any atom is 0.222 e. The Kier molecular flexibility index (Phi) is 3.95. The maximum absolute atomic E-state index is 11.6. The average molecular weight is 276 g/mol. The highest BCUT2D eigenvalue weighted by Gasteiger charge is 2.18. The van der Waals surface area contributed by atoms with Gasteiger partial charge in [-0.05, 0) is 25.0 Å². The second-order valence-corrected chi connectivity index (χ2v) is 5.25. The summed E-state index contributed by atoms with van der Waals surface area (Å²) in [5.74, 6) is 1.70. The molecule has 1 saturated heterocycles. The number of fused-ring (bicyclic) bond motifs is 1. The Morgan fingerprint density at radius 1 is 1.15 bits per heavy atom. The van der Waals surface area contributed by atoms with Crippen LogP contribution in [0.15, 0.2) is 18.2 Å². The van der Waals surface area contributed by atoms with Crippen LogP contribution in [-0.4, -0.2) is 31.7 Å². The molecule has 2 heterocycles. The summed E-state index contributed by atoms with van der Waals surface area (Å²) in [6, 6.07) is 6.06. The molecule has 0 saturated carbocycles. The first-order chi connectivity index (χ1) is 9.81. The zero-order valence-electron chi connectivity index (χ0n) is 11.5. The Bertz CT molecular complexity index is 490. The minimum atomic E-state index is 0.120. The van der Waals surface area contributed by atoms with Crippen molar-refractivity contribution in [1.29, 1.82) is 0 Å². The van der Waals surface area contributed by atoms with Crippen molar-refractivity contribution < 1.29 is 14.3 Å². The third-order valence-corrected chi connectivity index (χ3v) is 3.60. The van der Waals surface area contributed by atoms with Crippen LogP contribution in [0.2, 0.25) is 0 Å². The number of hydrogen-bond acceptors (Lipinski definition) is 4. The predicted molar refractivity (Wildman–Crippen MR) is 76.3 cm³/mol. The van der Waals surface area contributed by atoms with E-state index in [0.29, 0.717) is 19.6 Å². The van der Waals surface area contributed by atoms with Gasteiger partial charge in [0.1, 0.15) is 0 Å². The highest BCUT2D eigenvalue weighted by atomic mass is 16.5. The third-order valence-electron chi connectivity index (χ3n) is 3.60. The largest absolute Gasteiger partial charge is 0.490 e. The van der Waals surface area contributed by atoms with Gasteiger partial charge in [0.2, 0.25) is 5.91 Å². The molecule has 2 aliphatic rings. The van der Waals surface area contributed by atoms with Crippen LogP contribution in [0.4, 0.5) is 5.69 Å². The molecule has 1 aromatic carbocycles. The van der Waals surface area contributed by atoms with Gasteiger partial charge < -0.3 is 20.1 Å². The summed E-state index contributed by atoms with van der Waals surface area (Å²) < 4.78 is 11.3. The van der Waals surface area contributed by atoms with E-state index in [0.717, 1.165) is 43.0 Å². The van der Waals surface area contributed by atoms with Crippen LogP contribution >= 0.6 is 0 Å². The first-order valence-electron chi connectivity index (χ1n) is 7.24. The third kappa shape index (κ3) is 3.15. The van der Waals surface area contributed by atoms with Gasteiger partial charge in [-0.15, -0.1) is 0 Å². The molecule has 1 fully saturated rings. The number of carbonyl (C=O) groups is 1. The van der Waals surface area contributed by atoms with Crippen molar-refractivity contribution in [3.8, 4) is 11.5 Å². The number of anilines is 1. The Morgan fingerprint density at radius 3 is 2.90 bits per heavy atom. The number of rotatable bonds is 2. The van der Waals surface area contributed by atoms with E-state index in [4.69, 9.17) is 9.47 Å². The molecular weight excluding hydrogens is 256 g/mol. The molecule has 0 radical (unpaired) electrons. The van der Waals surface area contributed by atoms with E-state index in [1.807, 2.05) is 18.2 Å². The summed E-state index contributed by atoms with van der Waals surface area (Å²) in [7, 11) is 0. The molecule has 1 atom stereocenters. The van der Waals surface area contributed by atoms with E-state index in [9.17, 15) is 4.79 Å². The van der Waals surface area contributed by atoms with E-state index in [1.165, 1.54) is 0 Å². The highest BCUT2D eigenvalue weighted by molar-refractivity contribution is 5.77. The number of nitrogens with one attached hydrogen (secondary N) is 2. The van der Waals surface area contributed by atoms with Crippen LogP contribution < -0.4 is 20.1 Å². The molecule has 2 aliphatic heterocycles.